The fourth-order valence-corrected chi connectivity index (χ4v) is 2.83. The van der Waals surface area contributed by atoms with Gasteiger partial charge in [0.05, 0.1) is 6.54 Å². The number of hydrogen-bond acceptors (Lipinski definition) is 4. The molecule has 0 bridgehead atoms. The topological polar surface area (TPSA) is 42.0 Å². The first-order valence-corrected chi connectivity index (χ1v) is 8.38. The summed E-state index contributed by atoms with van der Waals surface area (Å²) in [6.45, 7) is 2.52. The second-order valence-corrected chi connectivity index (χ2v) is 6.52. The van der Waals surface area contributed by atoms with Crippen LogP contribution in [0.5, 0.6) is 5.75 Å². The van der Waals surface area contributed by atoms with E-state index in [1.165, 1.54) is 0 Å². The maximum atomic E-state index is 12.4. The molecule has 1 aliphatic rings. The summed E-state index contributed by atoms with van der Waals surface area (Å²) in [7, 11) is 5.66. The molecule has 1 heterocycles. The summed E-state index contributed by atoms with van der Waals surface area (Å²) in [6.07, 6.45) is 5.36. The van der Waals surface area contributed by atoms with Gasteiger partial charge < -0.3 is 19.3 Å². The molecule has 0 unspecified atom stereocenters. The van der Waals surface area contributed by atoms with E-state index in [2.05, 4.69) is 0 Å². The highest BCUT2D eigenvalue weighted by Crippen LogP contribution is 2.26. The molecule has 0 N–H and O–H groups in total. The van der Waals surface area contributed by atoms with Crippen molar-refractivity contribution in [2.24, 2.45) is 0 Å². The van der Waals surface area contributed by atoms with Gasteiger partial charge in [0.25, 0.3) is 0 Å². The van der Waals surface area contributed by atoms with E-state index in [-0.39, 0.29) is 5.91 Å². The minimum absolute atomic E-state index is 0.0395. The number of amides is 1. The number of benzene rings is 1. The van der Waals surface area contributed by atoms with Crippen molar-refractivity contribution >= 4 is 5.91 Å². The molecule has 0 saturated carbocycles. The van der Waals surface area contributed by atoms with Crippen LogP contribution >= 0.6 is 0 Å². The van der Waals surface area contributed by atoms with Gasteiger partial charge in [0.2, 0.25) is 5.91 Å². The monoisotopic (exact) mass is 332 g/mol. The van der Waals surface area contributed by atoms with Crippen molar-refractivity contribution in [2.45, 2.75) is 18.4 Å². The minimum atomic E-state index is -0.445. The number of piperidine rings is 1. The smallest absolute Gasteiger partial charge is 0.246 e. The third-order valence-corrected chi connectivity index (χ3v) is 4.26. The molecule has 0 radical (unpaired) electrons. The number of para-hydroxylation sites is 1. The highest BCUT2D eigenvalue weighted by molar-refractivity contribution is 5.87. The molecule has 1 aliphatic heterocycles. The predicted molar refractivity (Wildman–Crippen MR) is 95.2 cm³/mol. The quantitative estimate of drug-likeness (QED) is 0.718. The molecule has 5 nitrogen and oxygen atoms in total. The van der Waals surface area contributed by atoms with Crippen LogP contribution in [0.1, 0.15) is 12.8 Å². The fourth-order valence-electron chi connectivity index (χ4n) is 2.83. The number of hydrogen-bond donors (Lipinski definition) is 0. The standard InChI is InChI=1S/C19H28N2O3/c1-20(2)13-7-11-18(22)21-14-8-12-19(15-21,23-3)16-24-17-9-5-4-6-10-17/h4-7,9-11H,8,12-16H2,1-3H3/b11-7+/t19-/m1/s1. The van der Waals surface area contributed by atoms with E-state index >= 15 is 0 Å². The number of carbonyl (C=O) groups excluding carboxylic acids is 1. The average molecular weight is 332 g/mol. The van der Waals surface area contributed by atoms with Gasteiger partial charge >= 0.3 is 0 Å². The van der Waals surface area contributed by atoms with E-state index in [9.17, 15) is 4.79 Å². The molecule has 24 heavy (non-hydrogen) atoms. The molecule has 0 aromatic heterocycles. The summed E-state index contributed by atoms with van der Waals surface area (Å²) in [5.74, 6) is 0.862. The van der Waals surface area contributed by atoms with E-state index < -0.39 is 5.60 Å². The van der Waals surface area contributed by atoms with Crippen LogP contribution in [0.25, 0.3) is 0 Å². The van der Waals surface area contributed by atoms with Gasteiger partial charge in [-0.05, 0) is 39.1 Å². The molecule has 1 fully saturated rings. The lowest BCUT2D eigenvalue weighted by molar-refractivity contribution is -0.138. The van der Waals surface area contributed by atoms with E-state index in [0.29, 0.717) is 13.2 Å². The van der Waals surface area contributed by atoms with Crippen molar-refractivity contribution in [3.05, 3.63) is 42.5 Å². The molecular formula is C19H28N2O3. The first-order valence-electron chi connectivity index (χ1n) is 8.38. The Morgan fingerprint density at radius 3 is 2.75 bits per heavy atom. The zero-order valence-corrected chi connectivity index (χ0v) is 14.9. The molecule has 1 aromatic rings. The zero-order valence-electron chi connectivity index (χ0n) is 14.9. The van der Waals surface area contributed by atoms with Crippen LogP contribution in [0, 0.1) is 0 Å². The molecule has 1 aromatic carbocycles. The highest BCUT2D eigenvalue weighted by atomic mass is 16.5. The Morgan fingerprint density at radius 2 is 2.08 bits per heavy atom. The molecular weight excluding hydrogens is 304 g/mol. The Bertz CT molecular complexity index is 545. The second kappa shape index (κ2) is 8.85. The molecule has 1 amide bonds. The fraction of sp³-hybridized carbons (Fsp3) is 0.526. The van der Waals surface area contributed by atoms with E-state index in [1.54, 1.807) is 13.2 Å². The molecule has 2 rings (SSSR count). The van der Waals surface area contributed by atoms with Gasteiger partial charge in [-0.25, -0.2) is 0 Å². The number of likely N-dealkylation sites (tertiary alicyclic amines) is 1. The summed E-state index contributed by atoms with van der Waals surface area (Å²) < 4.78 is 11.7. The number of likely N-dealkylation sites (N-methyl/N-ethyl adjacent to an activating group) is 1. The normalized spacial score (nSPS) is 21.4. The van der Waals surface area contributed by atoms with Crippen LogP contribution in [0.15, 0.2) is 42.5 Å². The van der Waals surface area contributed by atoms with Crippen LogP contribution in [0.2, 0.25) is 0 Å². The third kappa shape index (κ3) is 5.35. The van der Waals surface area contributed by atoms with E-state index in [0.717, 1.165) is 31.7 Å². The lowest BCUT2D eigenvalue weighted by Gasteiger charge is -2.41. The summed E-state index contributed by atoms with van der Waals surface area (Å²) in [6, 6.07) is 9.71. The van der Waals surface area contributed by atoms with Crippen molar-refractivity contribution in [3.8, 4) is 5.75 Å². The van der Waals surface area contributed by atoms with E-state index in [4.69, 9.17) is 9.47 Å². The summed E-state index contributed by atoms with van der Waals surface area (Å²) in [5, 5.41) is 0. The molecule has 132 valence electrons. The number of rotatable bonds is 7. The maximum absolute atomic E-state index is 12.4. The Morgan fingerprint density at radius 1 is 1.33 bits per heavy atom. The Labute approximate surface area is 144 Å². The van der Waals surface area contributed by atoms with Gasteiger partial charge in [-0.3, -0.25) is 4.79 Å². The van der Waals surface area contributed by atoms with Crippen LogP contribution in [0.3, 0.4) is 0 Å². The molecule has 1 saturated heterocycles. The summed E-state index contributed by atoms with van der Waals surface area (Å²) in [4.78, 5) is 16.3. The van der Waals surface area contributed by atoms with Gasteiger partial charge in [0, 0.05) is 26.3 Å². The first-order chi connectivity index (χ1) is 11.5. The van der Waals surface area contributed by atoms with Crippen LogP contribution < -0.4 is 4.74 Å². The van der Waals surface area contributed by atoms with Gasteiger partial charge in [-0.15, -0.1) is 0 Å². The molecule has 0 aliphatic carbocycles. The van der Waals surface area contributed by atoms with Gasteiger partial charge in [-0.1, -0.05) is 24.3 Å². The number of methoxy groups -OCH3 is 1. The van der Waals surface area contributed by atoms with Crippen LogP contribution in [-0.4, -0.2) is 68.8 Å². The number of carbonyl (C=O) groups is 1. The number of nitrogens with zero attached hydrogens (tertiary/aromatic N) is 2. The van der Waals surface area contributed by atoms with Crippen molar-refractivity contribution in [2.75, 3.05) is 47.4 Å². The largest absolute Gasteiger partial charge is 0.491 e. The zero-order chi connectivity index (χ0) is 17.4. The van der Waals surface area contributed by atoms with Crippen LogP contribution in [-0.2, 0) is 9.53 Å². The average Bonchev–Trinajstić information content (AvgIpc) is 2.60. The SMILES string of the molecule is CO[C@]1(COc2ccccc2)CCCN(C(=O)/C=C/CN(C)C)C1. The maximum Gasteiger partial charge on any atom is 0.246 e. The number of ether oxygens (including phenoxy) is 2. The second-order valence-electron chi connectivity index (χ2n) is 6.52. The van der Waals surface area contributed by atoms with Crippen molar-refractivity contribution in [1.29, 1.82) is 0 Å². The van der Waals surface area contributed by atoms with Gasteiger partial charge in [0.1, 0.15) is 18.0 Å². The van der Waals surface area contributed by atoms with Gasteiger partial charge in [-0.2, -0.15) is 0 Å². The Balaban J connectivity index is 1.95. The lowest BCUT2D eigenvalue weighted by Crippen LogP contribution is -2.54. The third-order valence-electron chi connectivity index (χ3n) is 4.26. The highest BCUT2D eigenvalue weighted by Gasteiger charge is 2.37. The lowest BCUT2D eigenvalue weighted by atomic mass is 9.93. The van der Waals surface area contributed by atoms with Crippen LogP contribution in [0.4, 0.5) is 0 Å². The minimum Gasteiger partial charge on any atom is -0.491 e. The van der Waals surface area contributed by atoms with Crippen molar-refractivity contribution in [1.82, 2.24) is 9.80 Å². The Hall–Kier alpha value is -1.85. The van der Waals surface area contributed by atoms with Gasteiger partial charge in [0.15, 0.2) is 0 Å². The predicted octanol–water partition coefficient (Wildman–Crippen LogP) is 2.19. The summed E-state index contributed by atoms with van der Waals surface area (Å²) >= 11 is 0. The van der Waals surface area contributed by atoms with E-state index in [1.807, 2.05) is 60.3 Å². The molecule has 1 atom stereocenters. The first kappa shape index (κ1) is 18.5. The molecule has 5 heteroatoms. The molecule has 0 spiro atoms. The van der Waals surface area contributed by atoms with Crippen molar-refractivity contribution < 1.29 is 14.3 Å². The van der Waals surface area contributed by atoms with Crippen molar-refractivity contribution in [3.63, 3.8) is 0 Å². The Kier molecular flexibility index (Phi) is 6.82. The summed E-state index contributed by atoms with van der Waals surface area (Å²) in [5.41, 5.74) is -0.445.